The molecule has 0 radical (unpaired) electrons. The van der Waals surface area contributed by atoms with Gasteiger partial charge in [-0.25, -0.2) is 14.3 Å². The van der Waals surface area contributed by atoms with Crippen molar-refractivity contribution in [2.75, 3.05) is 11.9 Å². The maximum absolute atomic E-state index is 12.3. The minimum absolute atomic E-state index is 0.126. The van der Waals surface area contributed by atoms with E-state index in [4.69, 9.17) is 15.4 Å². The summed E-state index contributed by atoms with van der Waals surface area (Å²) in [6, 6.07) is 12.4. The highest BCUT2D eigenvalue weighted by atomic mass is 19.4. The molecule has 13 heteroatoms. The first-order valence-corrected chi connectivity index (χ1v) is 11.2. The average Bonchev–Trinajstić information content (AvgIpc) is 3.57. The topological polar surface area (TPSA) is 147 Å². The highest BCUT2D eigenvalue weighted by molar-refractivity contribution is 6.09. The van der Waals surface area contributed by atoms with Gasteiger partial charge in [-0.15, -0.1) is 0 Å². The highest BCUT2D eigenvalue weighted by Crippen LogP contribution is 2.25. The number of carbonyl (C=O) groups is 1. The number of alkyl halides is 3. The van der Waals surface area contributed by atoms with Gasteiger partial charge in [-0.1, -0.05) is 12.1 Å². The number of amides is 2. The predicted molar refractivity (Wildman–Crippen MR) is 134 cm³/mol. The first kappa shape index (κ1) is 26.0. The van der Waals surface area contributed by atoms with Crippen molar-refractivity contribution in [3.8, 4) is 17.3 Å². The Morgan fingerprint density at radius 2 is 2.11 bits per heavy atom. The SMILES string of the molecule is N#CCC(N=C/C(=C\N)c1cnn2c(-c3cccc(NC(=O)NCC(F)(F)F)c3)cnc2c1)c1ccco1. The first-order valence-electron chi connectivity index (χ1n) is 11.2. The number of hydrogen-bond donors (Lipinski definition) is 3. The lowest BCUT2D eigenvalue weighted by Crippen LogP contribution is -2.36. The zero-order valence-electron chi connectivity index (χ0n) is 19.7. The molecule has 1 aromatic carbocycles. The van der Waals surface area contributed by atoms with Crippen LogP contribution in [0.5, 0.6) is 0 Å². The van der Waals surface area contributed by atoms with Crippen molar-refractivity contribution < 1.29 is 22.4 Å². The number of aliphatic imine (C=N–C) groups is 1. The molecular weight excluding hydrogens is 501 g/mol. The second kappa shape index (κ2) is 11.3. The van der Waals surface area contributed by atoms with Gasteiger partial charge in [0.25, 0.3) is 0 Å². The van der Waals surface area contributed by atoms with Crippen LogP contribution in [-0.4, -0.2) is 39.6 Å². The maximum Gasteiger partial charge on any atom is 0.405 e. The standard InChI is InChI=1S/C25H21F3N8O2/c26-25(27,28)15-33-24(37)35-19-4-1-3-16(9-19)21-14-32-23-10-17(13-34-36(21)23)18(11-30)12-31-20(6-7-29)22-5-2-8-38-22/h1-5,8-14,20H,6,15,30H2,(H2,33,35,37)/b18-11+,31-12?. The van der Waals surface area contributed by atoms with Gasteiger partial charge < -0.3 is 20.8 Å². The number of furan rings is 1. The summed E-state index contributed by atoms with van der Waals surface area (Å²) in [5.41, 5.74) is 9.01. The van der Waals surface area contributed by atoms with E-state index in [1.807, 2.05) is 0 Å². The molecule has 4 aromatic rings. The zero-order valence-corrected chi connectivity index (χ0v) is 19.7. The Hall–Kier alpha value is -5.12. The van der Waals surface area contributed by atoms with Crippen LogP contribution in [0.2, 0.25) is 0 Å². The van der Waals surface area contributed by atoms with E-state index in [0.717, 1.165) is 0 Å². The Morgan fingerprint density at radius 1 is 1.26 bits per heavy atom. The number of fused-ring (bicyclic) bond motifs is 1. The number of nitrogens with one attached hydrogen (secondary N) is 2. The minimum Gasteiger partial charge on any atom is -0.467 e. The van der Waals surface area contributed by atoms with Crippen molar-refractivity contribution in [2.24, 2.45) is 10.7 Å². The number of rotatable bonds is 8. The molecule has 0 aliphatic heterocycles. The molecule has 1 unspecified atom stereocenters. The van der Waals surface area contributed by atoms with Crippen molar-refractivity contribution in [3.05, 3.63) is 78.6 Å². The van der Waals surface area contributed by atoms with Crippen LogP contribution in [0.15, 0.2) is 76.7 Å². The Kier molecular flexibility index (Phi) is 7.72. The monoisotopic (exact) mass is 522 g/mol. The number of allylic oxidation sites excluding steroid dienone is 1. The van der Waals surface area contributed by atoms with Gasteiger partial charge >= 0.3 is 12.2 Å². The Bertz CT molecular complexity index is 1520. The van der Waals surface area contributed by atoms with Crippen molar-refractivity contribution >= 4 is 29.2 Å². The normalized spacial score (nSPS) is 12.9. The van der Waals surface area contributed by atoms with Crippen molar-refractivity contribution in [1.82, 2.24) is 19.9 Å². The van der Waals surface area contributed by atoms with E-state index in [1.165, 1.54) is 12.5 Å². The van der Waals surface area contributed by atoms with Gasteiger partial charge in [0.05, 0.1) is 36.8 Å². The maximum atomic E-state index is 12.3. The summed E-state index contributed by atoms with van der Waals surface area (Å²) in [4.78, 5) is 20.6. The van der Waals surface area contributed by atoms with Crippen LogP contribution in [0.1, 0.15) is 23.8 Å². The van der Waals surface area contributed by atoms with E-state index in [2.05, 4.69) is 26.5 Å². The van der Waals surface area contributed by atoms with Gasteiger partial charge in [0.15, 0.2) is 5.65 Å². The zero-order chi connectivity index (χ0) is 27.1. The summed E-state index contributed by atoms with van der Waals surface area (Å²) in [5, 5.41) is 17.7. The van der Waals surface area contributed by atoms with Crippen LogP contribution in [0.4, 0.5) is 23.7 Å². The van der Waals surface area contributed by atoms with Crippen LogP contribution in [-0.2, 0) is 0 Å². The summed E-state index contributed by atoms with van der Waals surface area (Å²) >= 11 is 0. The molecule has 0 bridgehead atoms. The molecule has 10 nitrogen and oxygen atoms in total. The molecule has 3 aromatic heterocycles. The second-order valence-electron chi connectivity index (χ2n) is 7.95. The summed E-state index contributed by atoms with van der Waals surface area (Å²) in [7, 11) is 0. The molecule has 3 heterocycles. The van der Waals surface area contributed by atoms with Crippen LogP contribution >= 0.6 is 0 Å². The molecule has 0 fully saturated rings. The summed E-state index contributed by atoms with van der Waals surface area (Å²) in [6.45, 7) is -1.44. The average molecular weight is 522 g/mol. The van der Waals surface area contributed by atoms with Crippen LogP contribution < -0.4 is 16.4 Å². The first-order chi connectivity index (χ1) is 18.3. The molecule has 1 atom stereocenters. The van der Waals surface area contributed by atoms with E-state index in [9.17, 15) is 18.0 Å². The number of nitrogens with two attached hydrogens (primary N) is 1. The molecule has 0 aliphatic carbocycles. The number of nitrogens with zero attached hydrogens (tertiary/aromatic N) is 5. The lowest BCUT2D eigenvalue weighted by Gasteiger charge is -2.10. The Morgan fingerprint density at radius 3 is 2.82 bits per heavy atom. The number of urea groups is 1. The number of benzene rings is 1. The number of nitriles is 1. The Labute approximate surface area is 214 Å². The minimum atomic E-state index is -4.51. The molecule has 38 heavy (non-hydrogen) atoms. The molecular formula is C25H21F3N8O2. The number of carbonyl (C=O) groups excluding carboxylic acids is 1. The quantitative estimate of drug-likeness (QED) is 0.286. The molecule has 0 saturated carbocycles. The molecule has 0 spiro atoms. The molecule has 4 rings (SSSR count). The van der Waals surface area contributed by atoms with Crippen LogP contribution in [0, 0.1) is 11.3 Å². The van der Waals surface area contributed by atoms with E-state index in [0.29, 0.717) is 39.5 Å². The molecule has 194 valence electrons. The Balaban J connectivity index is 1.53. The van der Waals surface area contributed by atoms with Crippen LogP contribution in [0.3, 0.4) is 0 Å². The lowest BCUT2D eigenvalue weighted by atomic mass is 10.1. The fourth-order valence-electron chi connectivity index (χ4n) is 3.52. The summed E-state index contributed by atoms with van der Waals surface area (Å²) in [5.74, 6) is 0.556. The van der Waals surface area contributed by atoms with E-state index in [1.54, 1.807) is 70.9 Å². The number of anilines is 1. The largest absolute Gasteiger partial charge is 0.467 e. The molecule has 0 saturated heterocycles. The van der Waals surface area contributed by atoms with Crippen molar-refractivity contribution in [2.45, 2.75) is 18.6 Å². The van der Waals surface area contributed by atoms with E-state index >= 15 is 0 Å². The van der Waals surface area contributed by atoms with Gasteiger partial charge in [-0.2, -0.15) is 23.5 Å². The number of imidazole rings is 1. The number of aromatic nitrogens is 3. The van der Waals surface area contributed by atoms with Crippen LogP contribution in [0.25, 0.3) is 22.5 Å². The van der Waals surface area contributed by atoms with E-state index < -0.39 is 24.8 Å². The predicted octanol–water partition coefficient (Wildman–Crippen LogP) is 4.70. The van der Waals surface area contributed by atoms with Gasteiger partial charge in [-0.3, -0.25) is 4.99 Å². The highest BCUT2D eigenvalue weighted by Gasteiger charge is 2.27. The summed E-state index contributed by atoms with van der Waals surface area (Å²) < 4.78 is 43.9. The number of hydrogen-bond acceptors (Lipinski definition) is 7. The third-order valence-electron chi connectivity index (χ3n) is 5.29. The molecule has 0 aliphatic rings. The lowest BCUT2D eigenvalue weighted by molar-refractivity contribution is -0.122. The smallest absolute Gasteiger partial charge is 0.405 e. The van der Waals surface area contributed by atoms with Gasteiger partial charge in [0.2, 0.25) is 0 Å². The van der Waals surface area contributed by atoms with Crippen molar-refractivity contribution in [3.63, 3.8) is 0 Å². The van der Waals surface area contributed by atoms with Gasteiger partial charge in [0, 0.05) is 34.8 Å². The third-order valence-corrected chi connectivity index (χ3v) is 5.29. The second-order valence-corrected chi connectivity index (χ2v) is 7.95. The third kappa shape index (κ3) is 6.35. The molecule has 4 N–H and O–H groups in total. The summed E-state index contributed by atoms with van der Waals surface area (Å²) in [6.07, 6.45) is 3.18. The molecule has 2 amide bonds. The van der Waals surface area contributed by atoms with E-state index in [-0.39, 0.29) is 6.42 Å². The van der Waals surface area contributed by atoms with Crippen molar-refractivity contribution in [1.29, 1.82) is 5.26 Å². The fourth-order valence-corrected chi connectivity index (χ4v) is 3.52. The van der Waals surface area contributed by atoms with Gasteiger partial charge in [-0.05, 0) is 30.3 Å². The van der Waals surface area contributed by atoms with Gasteiger partial charge in [0.1, 0.15) is 18.3 Å². The fraction of sp³-hybridized carbons (Fsp3) is 0.160. The number of halogens is 3.